The van der Waals surface area contributed by atoms with Crippen LogP contribution in [0, 0.1) is 5.41 Å². The summed E-state index contributed by atoms with van der Waals surface area (Å²) in [6.45, 7) is 4.88. The molecule has 5 nitrogen and oxygen atoms in total. The van der Waals surface area contributed by atoms with Crippen LogP contribution < -0.4 is 16.2 Å². The van der Waals surface area contributed by atoms with E-state index in [9.17, 15) is 9.59 Å². The van der Waals surface area contributed by atoms with Crippen LogP contribution in [0.15, 0.2) is 23.1 Å². The van der Waals surface area contributed by atoms with Crippen molar-refractivity contribution in [1.82, 2.24) is 15.6 Å². The van der Waals surface area contributed by atoms with Crippen molar-refractivity contribution in [3.05, 3.63) is 34.2 Å². The minimum Gasteiger partial charge on any atom is -0.351 e. The molecule has 0 aliphatic carbocycles. The Balaban J connectivity index is 0.00000180. The maximum atomic E-state index is 11.9. The van der Waals surface area contributed by atoms with E-state index in [-0.39, 0.29) is 29.3 Å². The molecule has 0 radical (unpaired) electrons. The molecule has 2 rings (SSSR count). The molecule has 0 saturated carbocycles. The molecule has 6 heteroatoms. The van der Waals surface area contributed by atoms with Crippen LogP contribution in [-0.2, 0) is 0 Å². The smallest absolute Gasteiger partial charge is 0.252 e. The largest absolute Gasteiger partial charge is 0.351 e. The van der Waals surface area contributed by atoms with Crippen LogP contribution in [0.25, 0.3) is 0 Å². The molecule has 2 heterocycles. The Morgan fingerprint density at radius 2 is 2.05 bits per heavy atom. The normalized spacial score (nSPS) is 17.3. The highest BCUT2D eigenvalue weighted by Crippen LogP contribution is 2.26. The van der Waals surface area contributed by atoms with Gasteiger partial charge in [0, 0.05) is 18.8 Å². The Bertz CT molecular complexity index is 461. The van der Waals surface area contributed by atoms with Crippen LogP contribution in [0.1, 0.15) is 30.1 Å². The number of carbonyl (C=O) groups is 1. The lowest BCUT2D eigenvalue weighted by atomic mass is 9.81. The Morgan fingerprint density at radius 1 is 1.37 bits per heavy atom. The van der Waals surface area contributed by atoms with Gasteiger partial charge in [0.05, 0.1) is 5.56 Å². The third-order valence-corrected chi connectivity index (χ3v) is 3.53. The topological polar surface area (TPSA) is 74.0 Å². The fourth-order valence-electron chi connectivity index (χ4n) is 2.15. The zero-order valence-corrected chi connectivity index (χ0v) is 11.8. The zero-order chi connectivity index (χ0) is 13.0. The van der Waals surface area contributed by atoms with Gasteiger partial charge in [-0.15, -0.1) is 12.4 Å². The first-order chi connectivity index (χ1) is 8.59. The molecule has 1 amide bonds. The molecule has 0 aromatic carbocycles. The van der Waals surface area contributed by atoms with E-state index >= 15 is 0 Å². The molecule has 1 aromatic heterocycles. The van der Waals surface area contributed by atoms with Crippen LogP contribution in [0.2, 0.25) is 0 Å². The third-order valence-electron chi connectivity index (χ3n) is 3.53. The lowest BCUT2D eigenvalue weighted by Crippen LogP contribution is -2.42. The molecule has 19 heavy (non-hydrogen) atoms. The minimum atomic E-state index is -0.197. The number of carbonyl (C=O) groups excluding carboxylic acids is 1. The van der Waals surface area contributed by atoms with Crippen LogP contribution in [-0.4, -0.2) is 30.5 Å². The second-order valence-electron chi connectivity index (χ2n) is 5.18. The van der Waals surface area contributed by atoms with Gasteiger partial charge in [0.25, 0.3) is 5.91 Å². The quantitative estimate of drug-likeness (QED) is 0.773. The van der Waals surface area contributed by atoms with Crippen molar-refractivity contribution in [2.75, 3.05) is 19.6 Å². The average Bonchev–Trinajstić information content (AvgIpc) is 2.38. The molecule has 3 N–H and O–H groups in total. The number of halogens is 1. The first-order valence-corrected chi connectivity index (χ1v) is 6.27. The summed E-state index contributed by atoms with van der Waals surface area (Å²) in [5.41, 5.74) is 0.465. The summed E-state index contributed by atoms with van der Waals surface area (Å²) in [4.78, 5) is 25.3. The van der Waals surface area contributed by atoms with E-state index in [1.54, 1.807) is 6.07 Å². The predicted octanol–water partition coefficient (Wildman–Crippen LogP) is 0.916. The molecule has 1 saturated heterocycles. The van der Waals surface area contributed by atoms with Gasteiger partial charge in [-0.2, -0.15) is 0 Å². The van der Waals surface area contributed by atoms with Crippen molar-refractivity contribution >= 4 is 18.3 Å². The summed E-state index contributed by atoms with van der Waals surface area (Å²) in [5, 5.41) is 6.25. The maximum Gasteiger partial charge on any atom is 0.252 e. The van der Waals surface area contributed by atoms with Crippen molar-refractivity contribution < 1.29 is 4.79 Å². The number of piperidine rings is 1. The number of aromatic nitrogens is 1. The summed E-state index contributed by atoms with van der Waals surface area (Å²) < 4.78 is 0. The standard InChI is InChI=1S/C13H19N3O2.ClH/c1-13(4-6-14-7-5-13)9-16-12(18)10-2-3-11(17)15-8-10;/h2-3,8,14H,4-7,9H2,1H3,(H,15,17)(H,16,18);1H. The number of hydrogen-bond donors (Lipinski definition) is 3. The van der Waals surface area contributed by atoms with Crippen LogP contribution >= 0.6 is 12.4 Å². The minimum absolute atomic E-state index is 0. The molecular weight excluding hydrogens is 266 g/mol. The van der Waals surface area contributed by atoms with Gasteiger partial charge in [0.2, 0.25) is 5.56 Å². The Hall–Kier alpha value is -1.33. The van der Waals surface area contributed by atoms with Gasteiger partial charge < -0.3 is 15.6 Å². The van der Waals surface area contributed by atoms with Crippen LogP contribution in [0.5, 0.6) is 0 Å². The monoisotopic (exact) mass is 285 g/mol. The molecule has 1 aliphatic rings. The summed E-state index contributed by atoms with van der Waals surface area (Å²) in [7, 11) is 0. The van der Waals surface area contributed by atoms with Gasteiger partial charge in [-0.1, -0.05) is 6.92 Å². The summed E-state index contributed by atoms with van der Waals surface area (Å²) in [6, 6.07) is 2.90. The van der Waals surface area contributed by atoms with Gasteiger partial charge in [-0.25, -0.2) is 0 Å². The van der Waals surface area contributed by atoms with E-state index in [4.69, 9.17) is 0 Å². The summed E-state index contributed by atoms with van der Waals surface area (Å²) in [5.74, 6) is -0.133. The predicted molar refractivity (Wildman–Crippen MR) is 76.9 cm³/mol. The molecule has 0 atom stereocenters. The average molecular weight is 286 g/mol. The van der Waals surface area contributed by atoms with E-state index in [0.717, 1.165) is 25.9 Å². The second-order valence-corrected chi connectivity index (χ2v) is 5.18. The van der Waals surface area contributed by atoms with Gasteiger partial charge in [-0.3, -0.25) is 9.59 Å². The lowest BCUT2D eigenvalue weighted by Gasteiger charge is -2.34. The van der Waals surface area contributed by atoms with Crippen molar-refractivity contribution in [1.29, 1.82) is 0 Å². The highest BCUT2D eigenvalue weighted by atomic mass is 35.5. The fourth-order valence-corrected chi connectivity index (χ4v) is 2.15. The molecule has 1 aliphatic heterocycles. The second kappa shape index (κ2) is 6.73. The van der Waals surface area contributed by atoms with Crippen LogP contribution in [0.3, 0.4) is 0 Å². The molecular formula is C13H20ClN3O2. The van der Waals surface area contributed by atoms with Crippen molar-refractivity contribution in [3.8, 4) is 0 Å². The third kappa shape index (κ3) is 4.36. The Morgan fingerprint density at radius 3 is 2.63 bits per heavy atom. The van der Waals surface area contributed by atoms with E-state index in [0.29, 0.717) is 12.1 Å². The molecule has 106 valence electrons. The van der Waals surface area contributed by atoms with E-state index < -0.39 is 0 Å². The van der Waals surface area contributed by atoms with Gasteiger partial charge in [-0.05, 0) is 37.4 Å². The van der Waals surface area contributed by atoms with E-state index in [2.05, 4.69) is 22.5 Å². The van der Waals surface area contributed by atoms with Gasteiger partial charge in [0.1, 0.15) is 0 Å². The molecule has 1 aromatic rings. The first kappa shape index (κ1) is 15.7. The van der Waals surface area contributed by atoms with Crippen molar-refractivity contribution in [2.24, 2.45) is 5.41 Å². The zero-order valence-electron chi connectivity index (χ0n) is 11.0. The number of rotatable bonds is 3. The first-order valence-electron chi connectivity index (χ1n) is 6.27. The number of hydrogen-bond acceptors (Lipinski definition) is 3. The Labute approximate surface area is 118 Å². The molecule has 0 bridgehead atoms. The number of pyridine rings is 1. The Kier molecular flexibility index (Phi) is 5.57. The maximum absolute atomic E-state index is 11.9. The number of H-pyrrole nitrogens is 1. The number of aromatic amines is 1. The van der Waals surface area contributed by atoms with Gasteiger partial charge >= 0.3 is 0 Å². The highest BCUT2D eigenvalue weighted by Gasteiger charge is 2.27. The SMILES string of the molecule is CC1(CNC(=O)c2ccc(=O)[nH]c2)CCNCC1.Cl. The van der Waals surface area contributed by atoms with Crippen molar-refractivity contribution in [3.63, 3.8) is 0 Å². The summed E-state index contributed by atoms with van der Waals surface area (Å²) >= 11 is 0. The number of amides is 1. The van der Waals surface area contributed by atoms with Crippen molar-refractivity contribution in [2.45, 2.75) is 19.8 Å². The van der Waals surface area contributed by atoms with E-state index in [1.165, 1.54) is 12.3 Å². The molecule has 0 unspecified atom stereocenters. The fraction of sp³-hybridized carbons (Fsp3) is 0.538. The summed E-state index contributed by atoms with van der Waals surface area (Å²) in [6.07, 6.45) is 3.58. The van der Waals surface area contributed by atoms with Crippen LogP contribution in [0.4, 0.5) is 0 Å². The molecule has 0 spiro atoms. The van der Waals surface area contributed by atoms with Gasteiger partial charge in [0.15, 0.2) is 0 Å². The lowest BCUT2D eigenvalue weighted by molar-refractivity contribution is 0.0922. The molecule has 1 fully saturated rings. The highest BCUT2D eigenvalue weighted by molar-refractivity contribution is 5.93. The number of nitrogens with one attached hydrogen (secondary N) is 3. The van der Waals surface area contributed by atoms with E-state index in [1.807, 2.05) is 0 Å².